The minimum atomic E-state index is -0.353. The van der Waals surface area contributed by atoms with Crippen molar-refractivity contribution in [2.24, 2.45) is 5.92 Å². The normalized spacial score (nSPS) is 20.4. The standard InChI is InChI=1S/C21H22FN3O3/c1-27-19-8-7-18(24-25-19)17-11-15(22)9-14-10-16(28-20(14)17)12-23-21(26)13-5-3-2-4-6-13/h2-3,7-9,11,13,16H,4-6,10,12H2,1H3,(H,23,26)/t13-,16+/m1/s1. The summed E-state index contributed by atoms with van der Waals surface area (Å²) in [7, 11) is 1.51. The third-order valence-corrected chi connectivity index (χ3v) is 5.13. The van der Waals surface area contributed by atoms with Crippen molar-refractivity contribution in [1.29, 1.82) is 0 Å². The quantitative estimate of drug-likeness (QED) is 0.804. The van der Waals surface area contributed by atoms with Gasteiger partial charge in [0.05, 0.1) is 19.3 Å². The molecule has 0 radical (unpaired) electrons. The Kier molecular flexibility index (Phi) is 5.23. The van der Waals surface area contributed by atoms with E-state index in [1.54, 1.807) is 12.1 Å². The first-order valence-corrected chi connectivity index (χ1v) is 9.44. The van der Waals surface area contributed by atoms with E-state index in [0.717, 1.165) is 24.8 Å². The molecular formula is C21H22FN3O3. The summed E-state index contributed by atoms with van der Waals surface area (Å²) in [6.45, 7) is 0.392. The lowest BCUT2D eigenvalue weighted by atomic mass is 9.93. The highest BCUT2D eigenvalue weighted by molar-refractivity contribution is 5.79. The SMILES string of the molecule is COc1ccc(-c2cc(F)cc3c2O[C@H](CNC(=O)[C@@H]2CC=CCC2)C3)nn1. The van der Waals surface area contributed by atoms with E-state index in [1.165, 1.54) is 19.2 Å². The Labute approximate surface area is 162 Å². The van der Waals surface area contributed by atoms with Crippen molar-refractivity contribution in [3.63, 3.8) is 0 Å². The summed E-state index contributed by atoms with van der Waals surface area (Å²) in [5.41, 5.74) is 1.83. The zero-order valence-electron chi connectivity index (χ0n) is 15.7. The number of allylic oxidation sites excluding steroid dienone is 2. The fourth-order valence-corrected chi connectivity index (χ4v) is 3.66. The third-order valence-electron chi connectivity index (χ3n) is 5.13. The first-order chi connectivity index (χ1) is 13.6. The van der Waals surface area contributed by atoms with Gasteiger partial charge in [-0.25, -0.2) is 4.39 Å². The average Bonchev–Trinajstić information content (AvgIpc) is 3.15. The van der Waals surface area contributed by atoms with Crippen LogP contribution in [0.1, 0.15) is 24.8 Å². The average molecular weight is 383 g/mol. The number of methoxy groups -OCH3 is 1. The monoisotopic (exact) mass is 383 g/mol. The lowest BCUT2D eigenvalue weighted by Gasteiger charge is -2.19. The van der Waals surface area contributed by atoms with Crippen molar-refractivity contribution in [1.82, 2.24) is 15.5 Å². The van der Waals surface area contributed by atoms with E-state index >= 15 is 0 Å². The molecule has 1 amide bonds. The molecule has 28 heavy (non-hydrogen) atoms. The van der Waals surface area contributed by atoms with E-state index in [0.29, 0.717) is 35.9 Å². The first kappa shape index (κ1) is 18.4. The highest BCUT2D eigenvalue weighted by Gasteiger charge is 2.29. The summed E-state index contributed by atoms with van der Waals surface area (Å²) in [5, 5.41) is 11.0. The molecule has 0 fully saturated rings. The van der Waals surface area contributed by atoms with Gasteiger partial charge in [0.1, 0.15) is 17.7 Å². The number of hydrogen-bond acceptors (Lipinski definition) is 5. The molecule has 1 aliphatic heterocycles. The summed E-state index contributed by atoms with van der Waals surface area (Å²) in [4.78, 5) is 12.3. The number of hydrogen-bond donors (Lipinski definition) is 1. The highest BCUT2D eigenvalue weighted by Crippen LogP contribution is 2.39. The second-order valence-electron chi connectivity index (χ2n) is 7.07. The molecule has 0 unspecified atom stereocenters. The maximum atomic E-state index is 14.1. The van der Waals surface area contributed by atoms with E-state index in [9.17, 15) is 9.18 Å². The van der Waals surface area contributed by atoms with E-state index in [-0.39, 0.29) is 23.7 Å². The topological polar surface area (TPSA) is 73.3 Å². The van der Waals surface area contributed by atoms with Gasteiger partial charge in [-0.1, -0.05) is 12.2 Å². The van der Waals surface area contributed by atoms with Crippen LogP contribution in [0, 0.1) is 11.7 Å². The molecule has 0 spiro atoms. The minimum Gasteiger partial charge on any atom is -0.487 e. The van der Waals surface area contributed by atoms with E-state index < -0.39 is 0 Å². The Balaban J connectivity index is 1.46. The molecule has 2 atom stereocenters. The minimum absolute atomic E-state index is 0.0244. The number of nitrogens with zero attached hydrogens (tertiary/aromatic N) is 2. The number of fused-ring (bicyclic) bond motifs is 1. The number of ether oxygens (including phenoxy) is 2. The van der Waals surface area contributed by atoms with Gasteiger partial charge in [0.2, 0.25) is 11.8 Å². The molecule has 2 aromatic rings. The van der Waals surface area contributed by atoms with Crippen molar-refractivity contribution < 1.29 is 18.7 Å². The molecule has 0 bridgehead atoms. The van der Waals surface area contributed by atoms with Crippen LogP contribution in [0.4, 0.5) is 4.39 Å². The van der Waals surface area contributed by atoms with Gasteiger partial charge in [0.25, 0.3) is 0 Å². The predicted octanol–water partition coefficient (Wildman–Crippen LogP) is 3.07. The van der Waals surface area contributed by atoms with Crippen LogP contribution >= 0.6 is 0 Å². The Bertz CT molecular complexity index is 899. The molecule has 2 aliphatic rings. The Morgan fingerprint density at radius 2 is 2.21 bits per heavy atom. The van der Waals surface area contributed by atoms with Crippen LogP contribution in [-0.2, 0) is 11.2 Å². The maximum Gasteiger partial charge on any atom is 0.233 e. The Hall–Kier alpha value is -2.96. The lowest BCUT2D eigenvalue weighted by Crippen LogP contribution is -2.38. The van der Waals surface area contributed by atoms with Crippen LogP contribution in [0.15, 0.2) is 36.4 Å². The van der Waals surface area contributed by atoms with Crippen molar-refractivity contribution in [3.05, 3.63) is 47.8 Å². The number of aromatic nitrogens is 2. The number of nitrogens with one attached hydrogen (secondary N) is 1. The fourth-order valence-electron chi connectivity index (χ4n) is 3.66. The van der Waals surface area contributed by atoms with Crippen LogP contribution in [-0.4, -0.2) is 35.9 Å². The molecular weight excluding hydrogens is 361 g/mol. The van der Waals surface area contributed by atoms with Crippen LogP contribution < -0.4 is 14.8 Å². The largest absolute Gasteiger partial charge is 0.487 e. The van der Waals surface area contributed by atoms with Crippen molar-refractivity contribution >= 4 is 5.91 Å². The molecule has 0 saturated heterocycles. The van der Waals surface area contributed by atoms with Crippen molar-refractivity contribution in [2.75, 3.05) is 13.7 Å². The smallest absolute Gasteiger partial charge is 0.233 e. The van der Waals surface area contributed by atoms with E-state index in [1.807, 2.05) is 0 Å². The highest BCUT2D eigenvalue weighted by atomic mass is 19.1. The summed E-state index contributed by atoms with van der Waals surface area (Å²) < 4.78 is 25.2. The van der Waals surface area contributed by atoms with Gasteiger partial charge < -0.3 is 14.8 Å². The van der Waals surface area contributed by atoms with Gasteiger partial charge >= 0.3 is 0 Å². The second kappa shape index (κ2) is 7.96. The van der Waals surface area contributed by atoms with Gasteiger partial charge in [-0.2, -0.15) is 0 Å². The number of rotatable bonds is 5. The van der Waals surface area contributed by atoms with Gasteiger partial charge in [-0.05, 0) is 37.5 Å². The van der Waals surface area contributed by atoms with Gasteiger partial charge in [-0.15, -0.1) is 10.2 Å². The summed E-state index contributed by atoms with van der Waals surface area (Å²) in [6.07, 6.45) is 7.07. The van der Waals surface area contributed by atoms with E-state index in [4.69, 9.17) is 9.47 Å². The molecule has 6 nitrogen and oxygen atoms in total. The molecule has 1 aromatic heterocycles. The molecule has 2 heterocycles. The summed E-state index contributed by atoms with van der Waals surface area (Å²) in [5.74, 6) is 0.706. The van der Waals surface area contributed by atoms with Gasteiger partial charge in [0.15, 0.2) is 0 Å². The Morgan fingerprint density at radius 1 is 1.32 bits per heavy atom. The molecule has 146 valence electrons. The molecule has 1 aromatic carbocycles. The number of benzene rings is 1. The fraction of sp³-hybridized carbons (Fsp3) is 0.381. The molecule has 0 saturated carbocycles. The molecule has 4 rings (SSSR count). The Morgan fingerprint density at radius 3 is 2.93 bits per heavy atom. The summed E-state index contributed by atoms with van der Waals surface area (Å²) >= 11 is 0. The van der Waals surface area contributed by atoms with Crippen LogP contribution in [0.5, 0.6) is 11.6 Å². The van der Waals surface area contributed by atoms with Crippen LogP contribution in [0.25, 0.3) is 11.3 Å². The van der Waals surface area contributed by atoms with Crippen LogP contribution in [0.2, 0.25) is 0 Å². The first-order valence-electron chi connectivity index (χ1n) is 9.44. The summed E-state index contributed by atoms with van der Waals surface area (Å²) in [6, 6.07) is 6.26. The van der Waals surface area contributed by atoms with Gasteiger partial charge in [-0.3, -0.25) is 4.79 Å². The predicted molar refractivity (Wildman–Crippen MR) is 102 cm³/mol. The van der Waals surface area contributed by atoms with Crippen molar-refractivity contribution in [3.8, 4) is 22.9 Å². The van der Waals surface area contributed by atoms with Crippen LogP contribution in [0.3, 0.4) is 0 Å². The lowest BCUT2D eigenvalue weighted by molar-refractivity contribution is -0.125. The molecule has 1 aliphatic carbocycles. The number of carbonyl (C=O) groups excluding carboxylic acids is 1. The number of halogens is 1. The van der Waals surface area contributed by atoms with Crippen molar-refractivity contribution in [2.45, 2.75) is 31.8 Å². The van der Waals surface area contributed by atoms with Gasteiger partial charge in [0, 0.05) is 29.5 Å². The number of amides is 1. The zero-order valence-corrected chi connectivity index (χ0v) is 15.7. The third kappa shape index (κ3) is 3.83. The molecule has 7 heteroatoms. The maximum absolute atomic E-state index is 14.1. The molecule has 1 N–H and O–H groups in total. The number of carbonyl (C=O) groups is 1. The zero-order chi connectivity index (χ0) is 19.5. The van der Waals surface area contributed by atoms with E-state index in [2.05, 4.69) is 27.7 Å². The second-order valence-corrected chi connectivity index (χ2v) is 7.07.